The maximum absolute atomic E-state index is 11.5. The minimum absolute atomic E-state index is 0. The third kappa shape index (κ3) is 3.26. The van der Waals surface area contributed by atoms with Gasteiger partial charge in [0.2, 0.25) is 0 Å². The van der Waals surface area contributed by atoms with Crippen molar-refractivity contribution in [1.82, 2.24) is 9.97 Å². The van der Waals surface area contributed by atoms with Gasteiger partial charge in [0.05, 0.1) is 34.4 Å². The minimum atomic E-state index is -1.34. The van der Waals surface area contributed by atoms with Crippen LogP contribution < -0.4 is 10.2 Å². The molecule has 0 N–H and O–H groups in total. The van der Waals surface area contributed by atoms with E-state index in [1.807, 2.05) is 0 Å². The molecule has 2 heterocycles. The van der Waals surface area contributed by atoms with E-state index >= 15 is 0 Å². The van der Waals surface area contributed by atoms with Gasteiger partial charge in [0.1, 0.15) is 0 Å². The van der Waals surface area contributed by atoms with Crippen molar-refractivity contribution in [3.05, 3.63) is 71.8 Å². The molecule has 0 bridgehead atoms. The zero-order chi connectivity index (χ0) is 18.3. The summed E-state index contributed by atoms with van der Waals surface area (Å²) in [4.78, 5) is 31.9. The fourth-order valence-electron chi connectivity index (χ4n) is 2.95. The first-order valence-corrected chi connectivity index (χ1v) is 7.77. The van der Waals surface area contributed by atoms with Crippen molar-refractivity contribution < 1.29 is 36.9 Å². The number of pyridine rings is 2. The molecule has 0 aliphatic heterocycles. The molecule has 7 heteroatoms. The molecule has 0 aliphatic rings. The molecule has 1 radical (unpaired) electrons. The second-order valence-corrected chi connectivity index (χ2v) is 5.72. The maximum atomic E-state index is 11.5. The quantitative estimate of drug-likeness (QED) is 0.474. The Kier molecular flexibility index (Phi) is 4.90. The van der Waals surface area contributed by atoms with Gasteiger partial charge in [-0.05, 0) is 24.3 Å². The Balaban J connectivity index is 0.00000210. The van der Waals surface area contributed by atoms with Gasteiger partial charge in [-0.3, -0.25) is 0 Å². The predicted molar refractivity (Wildman–Crippen MR) is 91.1 cm³/mol. The molecule has 0 spiro atoms. The van der Waals surface area contributed by atoms with E-state index in [9.17, 15) is 19.8 Å². The summed E-state index contributed by atoms with van der Waals surface area (Å²) in [5.41, 5.74) is 1.33. The molecule has 0 aliphatic carbocycles. The number of para-hydroxylation sites is 2. The molecule has 0 fully saturated rings. The van der Waals surface area contributed by atoms with E-state index < -0.39 is 11.9 Å². The zero-order valence-corrected chi connectivity index (χ0v) is 14.5. The van der Waals surface area contributed by atoms with Crippen LogP contribution in [0.4, 0.5) is 0 Å². The van der Waals surface area contributed by atoms with Crippen LogP contribution in [0.25, 0.3) is 33.2 Å². The molecule has 0 unspecified atom stereocenters. The smallest absolute Gasteiger partial charge is 0.545 e. The number of carbonyl (C=O) groups is 2. The first kappa shape index (κ1) is 18.5. The molecular weight excluding hydrogens is 396 g/mol. The van der Waals surface area contributed by atoms with Gasteiger partial charge in [0.25, 0.3) is 0 Å². The second kappa shape index (κ2) is 7.15. The number of carbonyl (C=O) groups excluding carboxylic acids is 2. The van der Waals surface area contributed by atoms with E-state index in [-0.39, 0.29) is 39.6 Å². The van der Waals surface area contributed by atoms with Gasteiger partial charge in [-0.1, -0.05) is 36.4 Å². The van der Waals surface area contributed by atoms with E-state index in [1.54, 1.807) is 48.5 Å². The van der Waals surface area contributed by atoms with Crippen LogP contribution in [0.15, 0.2) is 60.7 Å². The van der Waals surface area contributed by atoms with Gasteiger partial charge in [-0.15, -0.1) is 0 Å². The first-order chi connectivity index (χ1) is 12.5. The number of aromatic nitrogens is 2. The average Bonchev–Trinajstić information content (AvgIpc) is 2.66. The Morgan fingerprint density at radius 1 is 0.667 bits per heavy atom. The molecule has 27 heavy (non-hydrogen) atoms. The Labute approximate surface area is 164 Å². The number of carboxylic acid groups (broad SMARTS) is 2. The largest absolute Gasteiger partial charge is 2.00 e. The third-order valence-corrected chi connectivity index (χ3v) is 4.13. The molecule has 135 valence electrons. The first-order valence-electron chi connectivity index (χ1n) is 7.77. The Bertz CT molecular complexity index is 1110. The summed E-state index contributed by atoms with van der Waals surface area (Å²) in [5, 5.41) is 23.9. The van der Waals surface area contributed by atoms with Gasteiger partial charge in [0, 0.05) is 21.9 Å². The predicted octanol–water partition coefficient (Wildman–Crippen LogP) is 1.17. The Morgan fingerprint density at radius 2 is 1.04 bits per heavy atom. The van der Waals surface area contributed by atoms with Crippen LogP contribution in [-0.2, 0) is 17.1 Å². The topological polar surface area (TPSA) is 106 Å². The number of aromatic carboxylic acids is 2. The number of fused-ring (bicyclic) bond motifs is 2. The summed E-state index contributed by atoms with van der Waals surface area (Å²) in [5.74, 6) is -2.68. The molecule has 0 atom stereocenters. The summed E-state index contributed by atoms with van der Waals surface area (Å²) in [6.45, 7) is 0. The van der Waals surface area contributed by atoms with Crippen molar-refractivity contribution in [2.45, 2.75) is 0 Å². The molecule has 2 aromatic heterocycles. The molecular formula is C20H10CuN2O4. The van der Waals surface area contributed by atoms with Crippen molar-refractivity contribution in [2.24, 2.45) is 0 Å². The number of benzene rings is 2. The van der Waals surface area contributed by atoms with Gasteiger partial charge in [-0.2, -0.15) is 0 Å². The third-order valence-electron chi connectivity index (χ3n) is 4.13. The van der Waals surface area contributed by atoms with Crippen molar-refractivity contribution >= 4 is 33.7 Å². The molecule has 0 amide bonds. The van der Waals surface area contributed by atoms with Gasteiger partial charge >= 0.3 is 17.1 Å². The van der Waals surface area contributed by atoms with E-state index in [4.69, 9.17) is 0 Å². The van der Waals surface area contributed by atoms with Gasteiger partial charge < -0.3 is 19.8 Å². The molecule has 4 rings (SSSR count). The SMILES string of the molecule is O=C([O-])c1cc(-c2cc(C(=O)[O-])c3ccccc3n2)nc2ccccc12.[Cu+2]. The fraction of sp³-hybridized carbons (Fsp3) is 0. The van der Waals surface area contributed by atoms with Crippen LogP contribution in [0.3, 0.4) is 0 Å². The van der Waals surface area contributed by atoms with Crippen LogP contribution in [-0.4, -0.2) is 21.9 Å². The summed E-state index contributed by atoms with van der Waals surface area (Å²) in [6.07, 6.45) is 0. The summed E-state index contributed by atoms with van der Waals surface area (Å²) < 4.78 is 0. The number of carboxylic acids is 2. The van der Waals surface area contributed by atoms with Crippen molar-refractivity contribution in [2.75, 3.05) is 0 Å². The molecule has 2 aromatic carbocycles. The minimum Gasteiger partial charge on any atom is -0.545 e. The second-order valence-electron chi connectivity index (χ2n) is 5.72. The molecule has 0 saturated carbocycles. The van der Waals surface area contributed by atoms with Crippen LogP contribution in [0.1, 0.15) is 20.7 Å². The zero-order valence-electron chi connectivity index (χ0n) is 13.6. The monoisotopic (exact) mass is 405 g/mol. The van der Waals surface area contributed by atoms with Crippen LogP contribution >= 0.6 is 0 Å². The number of hydrogen-bond donors (Lipinski definition) is 0. The van der Waals surface area contributed by atoms with E-state index in [2.05, 4.69) is 9.97 Å². The van der Waals surface area contributed by atoms with Crippen molar-refractivity contribution in [3.63, 3.8) is 0 Å². The summed E-state index contributed by atoms with van der Waals surface area (Å²) in [7, 11) is 0. The normalized spacial score (nSPS) is 10.5. The summed E-state index contributed by atoms with van der Waals surface area (Å²) in [6, 6.07) is 16.2. The van der Waals surface area contributed by atoms with E-state index in [0.717, 1.165) is 0 Å². The molecule has 0 saturated heterocycles. The number of nitrogens with zero attached hydrogens (tertiary/aromatic N) is 2. The summed E-state index contributed by atoms with van der Waals surface area (Å²) >= 11 is 0. The van der Waals surface area contributed by atoms with Crippen LogP contribution in [0.2, 0.25) is 0 Å². The number of hydrogen-bond acceptors (Lipinski definition) is 6. The number of rotatable bonds is 3. The standard InChI is InChI=1S/C20H12N2O4.Cu/c23-19(24)13-9-17(21-15-7-3-1-5-11(13)15)18-10-14(20(25)26)12-6-2-4-8-16(12)22-18;/h1-10H,(H,23,24)(H,25,26);/q;+2/p-2. The van der Waals surface area contributed by atoms with Crippen molar-refractivity contribution in [1.29, 1.82) is 0 Å². The van der Waals surface area contributed by atoms with Gasteiger partial charge in [-0.25, -0.2) is 9.97 Å². The van der Waals surface area contributed by atoms with Crippen molar-refractivity contribution in [3.8, 4) is 11.4 Å². The van der Waals surface area contributed by atoms with Crippen LogP contribution in [0.5, 0.6) is 0 Å². The Hall–Kier alpha value is -3.28. The fourth-order valence-corrected chi connectivity index (χ4v) is 2.95. The molecule has 6 nitrogen and oxygen atoms in total. The van der Waals surface area contributed by atoms with E-state index in [0.29, 0.717) is 21.8 Å². The molecule has 4 aromatic rings. The van der Waals surface area contributed by atoms with E-state index in [1.165, 1.54) is 12.1 Å². The van der Waals surface area contributed by atoms with Gasteiger partial charge in [0.15, 0.2) is 0 Å². The Morgan fingerprint density at radius 3 is 1.41 bits per heavy atom. The maximum Gasteiger partial charge on any atom is 2.00 e. The average molecular weight is 406 g/mol. The van der Waals surface area contributed by atoms with Crippen LogP contribution in [0, 0.1) is 0 Å².